The SMILES string of the molecule is CCOC(=O)c1cc2c(s1)-c1ccc(Cl)cc1CC2. The molecular weight excluding hydrogens is 280 g/mol. The minimum Gasteiger partial charge on any atom is -0.462 e. The van der Waals surface area contributed by atoms with E-state index in [4.69, 9.17) is 16.3 Å². The molecule has 19 heavy (non-hydrogen) atoms. The van der Waals surface area contributed by atoms with Crippen molar-refractivity contribution in [1.82, 2.24) is 0 Å². The van der Waals surface area contributed by atoms with Gasteiger partial charge in [0.1, 0.15) is 4.88 Å². The van der Waals surface area contributed by atoms with Crippen LogP contribution >= 0.6 is 22.9 Å². The Labute approximate surface area is 121 Å². The van der Waals surface area contributed by atoms with Crippen molar-refractivity contribution < 1.29 is 9.53 Å². The third kappa shape index (κ3) is 2.28. The summed E-state index contributed by atoms with van der Waals surface area (Å²) >= 11 is 7.54. The number of hydrogen-bond donors (Lipinski definition) is 0. The van der Waals surface area contributed by atoms with Gasteiger partial charge in [0.2, 0.25) is 0 Å². The topological polar surface area (TPSA) is 26.3 Å². The molecule has 0 N–H and O–H groups in total. The zero-order valence-electron chi connectivity index (χ0n) is 10.5. The van der Waals surface area contributed by atoms with Crippen molar-refractivity contribution in [3.63, 3.8) is 0 Å². The molecule has 1 aromatic carbocycles. The minimum absolute atomic E-state index is 0.225. The van der Waals surface area contributed by atoms with Gasteiger partial charge in [0.05, 0.1) is 6.61 Å². The number of hydrogen-bond acceptors (Lipinski definition) is 3. The zero-order chi connectivity index (χ0) is 13.4. The summed E-state index contributed by atoms with van der Waals surface area (Å²) in [7, 11) is 0. The van der Waals surface area contributed by atoms with E-state index in [1.54, 1.807) is 0 Å². The molecule has 0 spiro atoms. The van der Waals surface area contributed by atoms with Crippen LogP contribution in [0.4, 0.5) is 0 Å². The van der Waals surface area contributed by atoms with Crippen LogP contribution in [0, 0.1) is 0 Å². The molecule has 98 valence electrons. The van der Waals surface area contributed by atoms with Gasteiger partial charge in [0.15, 0.2) is 0 Å². The van der Waals surface area contributed by atoms with Crippen molar-refractivity contribution in [3.05, 3.63) is 45.3 Å². The molecule has 4 heteroatoms. The zero-order valence-corrected chi connectivity index (χ0v) is 12.1. The number of carbonyl (C=O) groups excluding carboxylic acids is 1. The number of halogens is 1. The average Bonchev–Trinajstić information content (AvgIpc) is 2.82. The standard InChI is InChI=1S/C15H13ClO2S/c1-2-18-15(17)13-8-10-4-3-9-7-11(16)5-6-12(9)14(10)19-13/h5-8H,2-4H2,1H3. The van der Waals surface area contributed by atoms with Crippen molar-refractivity contribution in [2.45, 2.75) is 19.8 Å². The summed E-state index contributed by atoms with van der Waals surface area (Å²) in [5, 5.41) is 0.768. The van der Waals surface area contributed by atoms with E-state index in [0.717, 1.165) is 17.9 Å². The quantitative estimate of drug-likeness (QED) is 0.770. The Morgan fingerprint density at radius 1 is 1.32 bits per heavy atom. The molecule has 2 aromatic rings. The normalized spacial score (nSPS) is 12.7. The molecule has 0 bridgehead atoms. The highest BCUT2D eigenvalue weighted by Gasteiger charge is 2.22. The highest BCUT2D eigenvalue weighted by molar-refractivity contribution is 7.17. The Morgan fingerprint density at radius 3 is 2.89 bits per heavy atom. The summed E-state index contributed by atoms with van der Waals surface area (Å²) in [4.78, 5) is 13.7. The second-order valence-electron chi connectivity index (χ2n) is 4.49. The number of rotatable bonds is 2. The number of aryl methyl sites for hydroxylation is 2. The van der Waals surface area contributed by atoms with Crippen LogP contribution in [-0.4, -0.2) is 12.6 Å². The van der Waals surface area contributed by atoms with Crippen molar-refractivity contribution in [2.24, 2.45) is 0 Å². The van der Waals surface area contributed by atoms with E-state index in [9.17, 15) is 4.79 Å². The lowest BCUT2D eigenvalue weighted by molar-refractivity contribution is 0.0532. The van der Waals surface area contributed by atoms with Gasteiger partial charge in [0.25, 0.3) is 0 Å². The number of thiophene rings is 1. The average molecular weight is 293 g/mol. The number of ether oxygens (including phenoxy) is 1. The fraction of sp³-hybridized carbons (Fsp3) is 0.267. The molecule has 0 aliphatic heterocycles. The van der Waals surface area contributed by atoms with Crippen LogP contribution in [0.2, 0.25) is 5.02 Å². The maximum Gasteiger partial charge on any atom is 0.348 e. The fourth-order valence-corrected chi connectivity index (χ4v) is 3.76. The van der Waals surface area contributed by atoms with Gasteiger partial charge in [-0.25, -0.2) is 4.79 Å². The van der Waals surface area contributed by atoms with Gasteiger partial charge in [-0.1, -0.05) is 17.7 Å². The van der Waals surface area contributed by atoms with E-state index in [1.165, 1.54) is 32.9 Å². The summed E-state index contributed by atoms with van der Waals surface area (Å²) in [5.41, 5.74) is 3.70. The molecule has 0 saturated heterocycles. The minimum atomic E-state index is -0.225. The first-order valence-electron chi connectivity index (χ1n) is 6.27. The Morgan fingerprint density at radius 2 is 2.11 bits per heavy atom. The fourth-order valence-electron chi connectivity index (χ4n) is 2.41. The molecule has 2 nitrogen and oxygen atoms in total. The molecule has 1 heterocycles. The number of carbonyl (C=O) groups is 1. The smallest absolute Gasteiger partial charge is 0.348 e. The van der Waals surface area contributed by atoms with Gasteiger partial charge >= 0.3 is 5.97 Å². The second-order valence-corrected chi connectivity index (χ2v) is 5.98. The Kier molecular flexibility index (Phi) is 3.33. The lowest BCUT2D eigenvalue weighted by Crippen LogP contribution is -2.02. The van der Waals surface area contributed by atoms with E-state index in [0.29, 0.717) is 11.5 Å². The number of esters is 1. The maximum atomic E-state index is 11.8. The van der Waals surface area contributed by atoms with Crippen molar-refractivity contribution in [3.8, 4) is 10.4 Å². The Hall–Kier alpha value is -1.32. The van der Waals surface area contributed by atoms with Crippen LogP contribution in [-0.2, 0) is 17.6 Å². The van der Waals surface area contributed by atoms with Gasteiger partial charge < -0.3 is 4.74 Å². The summed E-state index contributed by atoms with van der Waals surface area (Å²) in [5.74, 6) is -0.225. The van der Waals surface area contributed by atoms with Crippen LogP contribution in [0.1, 0.15) is 27.7 Å². The van der Waals surface area contributed by atoms with Gasteiger partial charge in [0, 0.05) is 9.90 Å². The summed E-state index contributed by atoms with van der Waals surface area (Å²) < 4.78 is 5.06. The van der Waals surface area contributed by atoms with Crippen LogP contribution in [0.25, 0.3) is 10.4 Å². The van der Waals surface area contributed by atoms with Crippen LogP contribution in [0.15, 0.2) is 24.3 Å². The summed E-state index contributed by atoms with van der Waals surface area (Å²) in [6, 6.07) is 7.93. The Balaban J connectivity index is 2.04. The summed E-state index contributed by atoms with van der Waals surface area (Å²) in [6.07, 6.45) is 1.93. The molecule has 1 aromatic heterocycles. The van der Waals surface area contributed by atoms with E-state index in [2.05, 4.69) is 0 Å². The van der Waals surface area contributed by atoms with Gasteiger partial charge in [-0.15, -0.1) is 11.3 Å². The molecule has 3 rings (SSSR count). The molecule has 0 radical (unpaired) electrons. The molecule has 1 aliphatic carbocycles. The van der Waals surface area contributed by atoms with Crippen LogP contribution in [0.5, 0.6) is 0 Å². The largest absolute Gasteiger partial charge is 0.462 e. The third-order valence-corrected chi connectivity index (χ3v) is 4.69. The van der Waals surface area contributed by atoms with Crippen molar-refractivity contribution >= 4 is 28.9 Å². The van der Waals surface area contributed by atoms with E-state index in [1.807, 2.05) is 31.2 Å². The first-order chi connectivity index (χ1) is 9.19. The van der Waals surface area contributed by atoms with E-state index >= 15 is 0 Å². The predicted octanol–water partition coefficient (Wildman–Crippen LogP) is 4.34. The molecule has 0 saturated carbocycles. The van der Waals surface area contributed by atoms with Crippen molar-refractivity contribution in [1.29, 1.82) is 0 Å². The van der Waals surface area contributed by atoms with Gasteiger partial charge in [-0.05, 0) is 54.7 Å². The van der Waals surface area contributed by atoms with Crippen LogP contribution < -0.4 is 0 Å². The van der Waals surface area contributed by atoms with E-state index < -0.39 is 0 Å². The van der Waals surface area contributed by atoms with Crippen molar-refractivity contribution in [2.75, 3.05) is 6.61 Å². The molecule has 0 unspecified atom stereocenters. The summed E-state index contributed by atoms with van der Waals surface area (Å²) in [6.45, 7) is 2.23. The Bertz CT molecular complexity index is 646. The highest BCUT2D eigenvalue weighted by Crippen LogP contribution is 2.40. The molecule has 0 atom stereocenters. The molecule has 1 aliphatic rings. The lowest BCUT2D eigenvalue weighted by Gasteiger charge is -2.15. The first-order valence-corrected chi connectivity index (χ1v) is 7.47. The molecule has 0 fully saturated rings. The third-order valence-electron chi connectivity index (χ3n) is 3.26. The predicted molar refractivity (Wildman–Crippen MR) is 78.1 cm³/mol. The second kappa shape index (κ2) is 4.99. The lowest BCUT2D eigenvalue weighted by atomic mass is 9.91. The molecular formula is C15H13ClO2S. The van der Waals surface area contributed by atoms with Gasteiger partial charge in [-0.3, -0.25) is 0 Å². The maximum absolute atomic E-state index is 11.8. The monoisotopic (exact) mass is 292 g/mol. The number of benzene rings is 1. The molecule has 0 amide bonds. The van der Waals surface area contributed by atoms with Crippen LogP contribution in [0.3, 0.4) is 0 Å². The van der Waals surface area contributed by atoms with Gasteiger partial charge in [-0.2, -0.15) is 0 Å². The first kappa shape index (κ1) is 12.7. The number of fused-ring (bicyclic) bond motifs is 3. The highest BCUT2D eigenvalue weighted by atomic mass is 35.5. The van der Waals surface area contributed by atoms with E-state index in [-0.39, 0.29) is 5.97 Å².